The number of carbonyl (C=O) groups excluding carboxylic acids is 3. The summed E-state index contributed by atoms with van der Waals surface area (Å²) in [6.45, 7) is 1.63. The molecule has 1 aliphatic rings. The van der Waals surface area contributed by atoms with Crippen LogP contribution in [-0.2, 0) is 27.5 Å². The number of carbonyl (C=O) groups is 3. The lowest BCUT2D eigenvalue weighted by Crippen LogP contribution is -2.41. The predicted molar refractivity (Wildman–Crippen MR) is 164 cm³/mol. The van der Waals surface area contributed by atoms with Crippen LogP contribution >= 0.6 is 11.8 Å². The Morgan fingerprint density at radius 1 is 1.02 bits per heavy atom. The molecule has 3 aromatic carbocycles. The molecule has 0 saturated carbocycles. The Kier molecular flexibility index (Phi) is 9.96. The second-order valence-corrected chi connectivity index (χ2v) is 11.1. The van der Waals surface area contributed by atoms with Crippen LogP contribution in [0.2, 0.25) is 0 Å². The van der Waals surface area contributed by atoms with E-state index < -0.39 is 35.4 Å². The van der Waals surface area contributed by atoms with Crippen LogP contribution < -0.4 is 15.4 Å². The van der Waals surface area contributed by atoms with E-state index in [-0.39, 0.29) is 29.9 Å². The Hall–Kier alpha value is -5.24. The van der Waals surface area contributed by atoms with Gasteiger partial charge in [-0.2, -0.15) is 0 Å². The molecule has 2 atom stereocenters. The van der Waals surface area contributed by atoms with Crippen LogP contribution in [-0.4, -0.2) is 40.4 Å². The van der Waals surface area contributed by atoms with Gasteiger partial charge in [0.15, 0.2) is 5.17 Å². The van der Waals surface area contributed by atoms with Crippen LogP contribution in [0.3, 0.4) is 0 Å². The summed E-state index contributed by atoms with van der Waals surface area (Å²) in [5.74, 6) is -0.747. The predicted octanol–water partition coefficient (Wildman–Crippen LogP) is 6.94. The van der Waals surface area contributed by atoms with E-state index in [2.05, 4.69) is 20.4 Å². The summed E-state index contributed by atoms with van der Waals surface area (Å²) in [7, 11) is 0. The number of ether oxygens (including phenoxy) is 2. The fraction of sp³-hybridized carbons (Fsp3) is 0.188. The van der Waals surface area contributed by atoms with Gasteiger partial charge in [0.2, 0.25) is 11.8 Å². The van der Waals surface area contributed by atoms with Crippen LogP contribution in [0.15, 0.2) is 107 Å². The number of anilines is 1. The van der Waals surface area contributed by atoms with Gasteiger partial charge in [-0.15, -0.1) is 13.2 Å². The van der Waals surface area contributed by atoms with E-state index in [0.717, 1.165) is 29.5 Å². The third-order valence-corrected chi connectivity index (χ3v) is 7.77. The van der Waals surface area contributed by atoms with Crippen LogP contribution in [0.1, 0.15) is 29.1 Å². The first-order chi connectivity index (χ1) is 22.0. The maximum atomic E-state index is 13.6. The summed E-state index contributed by atoms with van der Waals surface area (Å²) in [6, 6.07) is 23.3. The Balaban J connectivity index is 1.25. The zero-order valence-electron chi connectivity index (χ0n) is 24.2. The minimum atomic E-state index is -4.87. The Morgan fingerprint density at radius 2 is 1.78 bits per heavy atom. The number of nitrogens with one attached hydrogen (secondary N) is 2. The van der Waals surface area contributed by atoms with Crippen LogP contribution in [0.25, 0.3) is 0 Å². The van der Waals surface area contributed by atoms with Gasteiger partial charge in [-0.05, 0) is 54.4 Å². The molecule has 3 amide bonds. The van der Waals surface area contributed by atoms with Crippen molar-refractivity contribution in [3.05, 3.63) is 114 Å². The Labute approximate surface area is 265 Å². The third kappa shape index (κ3) is 8.69. The van der Waals surface area contributed by atoms with Gasteiger partial charge in [0, 0.05) is 11.8 Å². The summed E-state index contributed by atoms with van der Waals surface area (Å²) in [5, 5.41) is 4.72. The molecule has 1 saturated heterocycles. The number of rotatable bonds is 10. The number of alkyl halides is 3. The van der Waals surface area contributed by atoms with Crippen molar-refractivity contribution in [1.29, 1.82) is 0 Å². The number of halogens is 3. The second kappa shape index (κ2) is 14.2. The number of hydrogen-bond acceptors (Lipinski definition) is 8. The van der Waals surface area contributed by atoms with E-state index in [0.29, 0.717) is 17.0 Å². The molecule has 0 spiro atoms. The standard InChI is InChI=1S/C32H27F3N4O6S/c1-20(36-31(42)44-19-21-7-3-2-4-8-21)28(40)37-23-14-12-22(13-15-23)27-29(41)39(18-26-11-6-16-43-26)30(46-27)38-24-9-5-10-25(17-24)45-32(33,34)35/h2-17,20,27H,18-19H2,1H3,(H,36,42)(H,37,40)/t20-,27?/m0/s1. The molecule has 2 heterocycles. The summed E-state index contributed by atoms with van der Waals surface area (Å²) in [4.78, 5) is 44.2. The summed E-state index contributed by atoms with van der Waals surface area (Å²) < 4.78 is 52.8. The smallest absolute Gasteiger partial charge is 0.467 e. The average molecular weight is 653 g/mol. The third-order valence-electron chi connectivity index (χ3n) is 6.54. The second-order valence-electron chi connectivity index (χ2n) is 9.98. The lowest BCUT2D eigenvalue weighted by atomic mass is 10.1. The number of nitrogens with zero attached hydrogens (tertiary/aromatic N) is 2. The van der Waals surface area contributed by atoms with Gasteiger partial charge in [-0.3, -0.25) is 14.5 Å². The number of amides is 3. The van der Waals surface area contributed by atoms with Gasteiger partial charge in [0.05, 0.1) is 18.5 Å². The van der Waals surface area contributed by atoms with Crippen molar-refractivity contribution >= 4 is 46.2 Å². The van der Waals surface area contributed by atoms with E-state index in [4.69, 9.17) is 9.15 Å². The molecule has 1 aliphatic heterocycles. The molecule has 10 nitrogen and oxygen atoms in total. The minimum Gasteiger partial charge on any atom is -0.467 e. The number of amidine groups is 1. The van der Waals surface area contributed by atoms with Crippen LogP contribution in [0.4, 0.5) is 29.3 Å². The molecular weight excluding hydrogens is 625 g/mol. The van der Waals surface area contributed by atoms with Crippen molar-refractivity contribution in [2.24, 2.45) is 4.99 Å². The summed E-state index contributed by atoms with van der Waals surface area (Å²) in [5.41, 5.74) is 2.00. The first-order valence-corrected chi connectivity index (χ1v) is 14.7. The molecule has 238 valence electrons. The summed E-state index contributed by atoms with van der Waals surface area (Å²) in [6.07, 6.45) is -4.14. The van der Waals surface area contributed by atoms with Gasteiger partial charge < -0.3 is 24.5 Å². The van der Waals surface area contributed by atoms with Gasteiger partial charge in [-0.25, -0.2) is 9.79 Å². The quantitative estimate of drug-likeness (QED) is 0.190. The molecule has 46 heavy (non-hydrogen) atoms. The number of benzene rings is 3. The number of hydrogen-bond donors (Lipinski definition) is 2. The van der Waals surface area contributed by atoms with Crippen LogP contribution in [0, 0.1) is 0 Å². The molecule has 0 aliphatic carbocycles. The molecule has 0 bridgehead atoms. The number of thioether (sulfide) groups is 1. The number of furan rings is 1. The molecule has 1 aromatic heterocycles. The zero-order valence-corrected chi connectivity index (χ0v) is 25.0. The van der Waals surface area contributed by atoms with Crippen molar-refractivity contribution in [1.82, 2.24) is 10.2 Å². The van der Waals surface area contributed by atoms with Gasteiger partial charge >= 0.3 is 12.5 Å². The summed E-state index contributed by atoms with van der Waals surface area (Å²) >= 11 is 1.12. The molecule has 4 aromatic rings. The topological polar surface area (TPSA) is 122 Å². The molecule has 1 unspecified atom stereocenters. The Bertz CT molecular complexity index is 1700. The molecule has 14 heteroatoms. The number of aliphatic imine (C=N–C) groups is 1. The molecule has 1 fully saturated rings. The largest absolute Gasteiger partial charge is 0.573 e. The minimum absolute atomic E-state index is 0.0553. The monoisotopic (exact) mass is 652 g/mol. The van der Waals surface area contributed by atoms with Gasteiger partial charge in [0.1, 0.15) is 29.4 Å². The Morgan fingerprint density at radius 3 is 2.48 bits per heavy atom. The van der Waals surface area contributed by atoms with Crippen molar-refractivity contribution in [3.63, 3.8) is 0 Å². The molecular formula is C32H27F3N4O6S. The normalized spacial score (nSPS) is 16.3. The highest BCUT2D eigenvalue weighted by Gasteiger charge is 2.39. The average Bonchev–Trinajstić information content (AvgIpc) is 3.64. The molecule has 2 N–H and O–H groups in total. The van der Waals surface area contributed by atoms with Crippen LogP contribution in [0.5, 0.6) is 5.75 Å². The highest BCUT2D eigenvalue weighted by Crippen LogP contribution is 2.42. The molecule has 5 rings (SSSR count). The van der Waals surface area contributed by atoms with E-state index in [1.165, 1.54) is 30.2 Å². The fourth-order valence-electron chi connectivity index (χ4n) is 4.32. The maximum Gasteiger partial charge on any atom is 0.573 e. The molecule has 0 radical (unpaired) electrons. The fourth-order valence-corrected chi connectivity index (χ4v) is 5.49. The van der Waals surface area contributed by atoms with Gasteiger partial charge in [-0.1, -0.05) is 60.3 Å². The zero-order chi connectivity index (χ0) is 32.7. The van der Waals surface area contributed by atoms with Crippen molar-refractivity contribution in [3.8, 4) is 5.75 Å². The SMILES string of the molecule is C[C@H](NC(=O)OCc1ccccc1)C(=O)Nc1ccc(C2SC(=Nc3cccc(OC(F)(F)F)c3)N(Cc3ccco3)C2=O)cc1. The maximum absolute atomic E-state index is 13.6. The highest BCUT2D eigenvalue weighted by molar-refractivity contribution is 8.15. The van der Waals surface area contributed by atoms with E-state index in [1.54, 1.807) is 36.4 Å². The first-order valence-electron chi connectivity index (χ1n) is 13.9. The lowest BCUT2D eigenvalue weighted by Gasteiger charge is -2.16. The lowest BCUT2D eigenvalue weighted by molar-refractivity contribution is -0.274. The van der Waals surface area contributed by atoms with Crippen molar-refractivity contribution in [2.45, 2.75) is 37.7 Å². The van der Waals surface area contributed by atoms with E-state index >= 15 is 0 Å². The van der Waals surface area contributed by atoms with Gasteiger partial charge in [0.25, 0.3) is 0 Å². The first kappa shape index (κ1) is 32.2. The van der Waals surface area contributed by atoms with Crippen molar-refractivity contribution in [2.75, 3.05) is 5.32 Å². The van der Waals surface area contributed by atoms with E-state index in [9.17, 15) is 27.6 Å². The number of alkyl carbamates (subject to hydrolysis) is 1. The van der Waals surface area contributed by atoms with Crippen molar-refractivity contribution < 1.29 is 41.4 Å². The highest BCUT2D eigenvalue weighted by atomic mass is 32.2. The van der Waals surface area contributed by atoms with E-state index in [1.807, 2.05) is 30.3 Å².